The fraction of sp³-hybridized carbons (Fsp3) is 0.611. The highest BCUT2D eigenvalue weighted by Crippen LogP contribution is 2.32. The fourth-order valence-electron chi connectivity index (χ4n) is 3.77. The monoisotopic (exact) mass is 355 g/mol. The Morgan fingerprint density at radius 3 is 2.48 bits per heavy atom. The van der Waals surface area contributed by atoms with Gasteiger partial charge >= 0.3 is 6.18 Å². The molecular weight excluding hydrogens is 331 g/mol. The minimum absolute atomic E-state index is 0.00357. The normalized spacial score (nSPS) is 25.1. The molecule has 1 aliphatic carbocycles. The van der Waals surface area contributed by atoms with Crippen molar-refractivity contribution >= 4 is 11.6 Å². The summed E-state index contributed by atoms with van der Waals surface area (Å²) in [5.74, 6) is 0.155. The zero-order valence-electron chi connectivity index (χ0n) is 14.1. The van der Waals surface area contributed by atoms with Crippen molar-refractivity contribution < 1.29 is 18.0 Å². The van der Waals surface area contributed by atoms with Crippen LogP contribution in [0.25, 0.3) is 0 Å². The molecule has 2 N–H and O–H groups in total. The van der Waals surface area contributed by atoms with Gasteiger partial charge < -0.3 is 15.5 Å². The summed E-state index contributed by atoms with van der Waals surface area (Å²) < 4.78 is 38.6. The first-order valence-corrected chi connectivity index (χ1v) is 8.81. The molecule has 138 valence electrons. The third kappa shape index (κ3) is 4.26. The Hall–Kier alpha value is -1.76. The van der Waals surface area contributed by atoms with Gasteiger partial charge in [0.2, 0.25) is 5.91 Å². The lowest BCUT2D eigenvalue weighted by Gasteiger charge is -2.38. The molecule has 1 amide bonds. The van der Waals surface area contributed by atoms with Crippen LogP contribution in [0.4, 0.5) is 18.9 Å². The highest BCUT2D eigenvalue weighted by atomic mass is 19.4. The van der Waals surface area contributed by atoms with E-state index in [2.05, 4.69) is 0 Å². The summed E-state index contributed by atoms with van der Waals surface area (Å²) in [7, 11) is 0. The van der Waals surface area contributed by atoms with E-state index < -0.39 is 11.7 Å². The molecule has 2 unspecified atom stereocenters. The number of halogens is 3. The van der Waals surface area contributed by atoms with Crippen molar-refractivity contribution in [2.75, 3.05) is 31.1 Å². The van der Waals surface area contributed by atoms with E-state index in [-0.39, 0.29) is 17.9 Å². The van der Waals surface area contributed by atoms with Crippen molar-refractivity contribution in [3.63, 3.8) is 0 Å². The number of rotatable bonds is 2. The molecule has 1 aromatic carbocycles. The van der Waals surface area contributed by atoms with Crippen molar-refractivity contribution in [3.8, 4) is 0 Å². The molecule has 0 radical (unpaired) electrons. The Bertz CT molecular complexity index is 612. The van der Waals surface area contributed by atoms with E-state index in [0.717, 1.165) is 31.7 Å². The van der Waals surface area contributed by atoms with Gasteiger partial charge in [0.1, 0.15) is 0 Å². The van der Waals surface area contributed by atoms with Crippen molar-refractivity contribution in [1.29, 1.82) is 0 Å². The maximum absolute atomic E-state index is 12.9. The lowest BCUT2D eigenvalue weighted by atomic mass is 9.85. The standard InChI is InChI=1S/C18H24F3N3O/c19-18(20,21)14-4-2-6-16(12-14)23-7-9-24(10-8-23)17(25)13-3-1-5-15(22)11-13/h2,4,6,12-13,15H,1,3,5,7-11,22H2. The van der Waals surface area contributed by atoms with Crippen LogP contribution in [-0.4, -0.2) is 43.0 Å². The lowest BCUT2D eigenvalue weighted by Crippen LogP contribution is -2.51. The molecular formula is C18H24F3N3O. The van der Waals surface area contributed by atoms with Gasteiger partial charge in [-0.15, -0.1) is 0 Å². The number of nitrogens with two attached hydrogens (primary N) is 1. The lowest BCUT2D eigenvalue weighted by molar-refractivity contribution is -0.137. The van der Waals surface area contributed by atoms with Crippen LogP contribution >= 0.6 is 0 Å². The number of anilines is 1. The number of hydrogen-bond acceptors (Lipinski definition) is 3. The Morgan fingerprint density at radius 1 is 1.12 bits per heavy atom. The van der Waals surface area contributed by atoms with Crippen LogP contribution in [-0.2, 0) is 11.0 Å². The van der Waals surface area contributed by atoms with Gasteiger partial charge in [-0.3, -0.25) is 4.79 Å². The van der Waals surface area contributed by atoms with Gasteiger partial charge in [-0.25, -0.2) is 0 Å². The molecule has 1 aromatic rings. The van der Waals surface area contributed by atoms with E-state index >= 15 is 0 Å². The molecule has 1 saturated carbocycles. The second-order valence-electron chi connectivity index (χ2n) is 6.98. The van der Waals surface area contributed by atoms with E-state index in [1.54, 1.807) is 6.07 Å². The summed E-state index contributed by atoms with van der Waals surface area (Å²) >= 11 is 0. The molecule has 0 bridgehead atoms. The average Bonchev–Trinajstić information content (AvgIpc) is 2.61. The van der Waals surface area contributed by atoms with Gasteiger partial charge in [-0.2, -0.15) is 13.2 Å². The third-order valence-corrected chi connectivity index (χ3v) is 5.19. The van der Waals surface area contributed by atoms with Crippen LogP contribution in [0.1, 0.15) is 31.2 Å². The molecule has 2 aliphatic rings. The van der Waals surface area contributed by atoms with Crippen LogP contribution in [0.15, 0.2) is 24.3 Å². The number of carbonyl (C=O) groups excluding carboxylic acids is 1. The number of piperazine rings is 1. The number of carbonyl (C=O) groups is 1. The first kappa shape index (κ1) is 18.0. The molecule has 1 heterocycles. The highest BCUT2D eigenvalue weighted by molar-refractivity contribution is 5.79. The molecule has 1 saturated heterocycles. The number of hydrogen-bond donors (Lipinski definition) is 1. The molecule has 4 nitrogen and oxygen atoms in total. The Kier molecular flexibility index (Phi) is 5.22. The van der Waals surface area contributed by atoms with Gasteiger partial charge in [0.15, 0.2) is 0 Å². The van der Waals surface area contributed by atoms with Gasteiger partial charge in [0.05, 0.1) is 5.56 Å². The molecule has 25 heavy (non-hydrogen) atoms. The van der Waals surface area contributed by atoms with Crippen LogP contribution in [0.3, 0.4) is 0 Å². The highest BCUT2D eigenvalue weighted by Gasteiger charge is 2.32. The largest absolute Gasteiger partial charge is 0.416 e. The molecule has 2 atom stereocenters. The van der Waals surface area contributed by atoms with Gasteiger partial charge in [-0.05, 0) is 37.5 Å². The zero-order valence-corrected chi connectivity index (χ0v) is 14.1. The van der Waals surface area contributed by atoms with Crippen molar-refractivity contribution in [3.05, 3.63) is 29.8 Å². The Balaban J connectivity index is 1.59. The summed E-state index contributed by atoms with van der Waals surface area (Å²) in [5, 5.41) is 0. The van der Waals surface area contributed by atoms with E-state index in [0.29, 0.717) is 31.9 Å². The Morgan fingerprint density at radius 2 is 1.84 bits per heavy atom. The fourth-order valence-corrected chi connectivity index (χ4v) is 3.77. The zero-order chi connectivity index (χ0) is 18.0. The predicted octanol–water partition coefficient (Wildman–Crippen LogP) is 2.87. The van der Waals surface area contributed by atoms with Gasteiger partial charge in [0.25, 0.3) is 0 Å². The van der Waals surface area contributed by atoms with E-state index in [1.807, 2.05) is 9.80 Å². The molecule has 2 fully saturated rings. The van der Waals surface area contributed by atoms with Gasteiger partial charge in [-0.1, -0.05) is 12.5 Å². The first-order valence-electron chi connectivity index (χ1n) is 8.81. The number of alkyl halides is 3. The van der Waals surface area contributed by atoms with Crippen LogP contribution in [0.2, 0.25) is 0 Å². The molecule has 0 spiro atoms. The van der Waals surface area contributed by atoms with Gasteiger partial charge in [0, 0.05) is 43.8 Å². The van der Waals surface area contributed by atoms with E-state index in [1.165, 1.54) is 12.1 Å². The number of nitrogens with zero attached hydrogens (tertiary/aromatic N) is 2. The topological polar surface area (TPSA) is 49.6 Å². The second-order valence-corrected chi connectivity index (χ2v) is 6.98. The van der Waals surface area contributed by atoms with Crippen molar-refractivity contribution in [2.24, 2.45) is 11.7 Å². The Labute approximate surface area is 145 Å². The molecule has 7 heteroatoms. The molecule has 3 rings (SSSR count). The molecule has 0 aromatic heterocycles. The van der Waals surface area contributed by atoms with E-state index in [9.17, 15) is 18.0 Å². The molecule has 1 aliphatic heterocycles. The second kappa shape index (κ2) is 7.23. The van der Waals surface area contributed by atoms with E-state index in [4.69, 9.17) is 5.73 Å². The van der Waals surface area contributed by atoms with Crippen molar-refractivity contribution in [1.82, 2.24) is 4.90 Å². The summed E-state index contributed by atoms with van der Waals surface area (Å²) in [4.78, 5) is 16.4. The van der Waals surface area contributed by atoms with Crippen LogP contribution in [0.5, 0.6) is 0 Å². The summed E-state index contributed by atoms with van der Waals surface area (Å²) in [6.45, 7) is 2.18. The minimum atomic E-state index is -4.34. The smallest absolute Gasteiger partial charge is 0.368 e. The number of amides is 1. The first-order chi connectivity index (χ1) is 11.8. The van der Waals surface area contributed by atoms with Crippen LogP contribution in [0, 0.1) is 5.92 Å². The summed E-state index contributed by atoms with van der Waals surface area (Å²) in [5.41, 5.74) is 5.89. The minimum Gasteiger partial charge on any atom is -0.368 e. The predicted molar refractivity (Wildman–Crippen MR) is 90.2 cm³/mol. The summed E-state index contributed by atoms with van der Waals surface area (Å²) in [6, 6.07) is 5.48. The number of benzene rings is 1. The average molecular weight is 355 g/mol. The maximum Gasteiger partial charge on any atom is 0.416 e. The van der Waals surface area contributed by atoms with Crippen molar-refractivity contribution in [2.45, 2.75) is 37.9 Å². The summed E-state index contributed by atoms with van der Waals surface area (Å²) in [6.07, 6.45) is -0.741. The maximum atomic E-state index is 12.9. The SMILES string of the molecule is NC1CCCC(C(=O)N2CCN(c3cccc(C(F)(F)F)c3)CC2)C1. The van der Waals surface area contributed by atoms with Crippen LogP contribution < -0.4 is 10.6 Å². The third-order valence-electron chi connectivity index (χ3n) is 5.19. The quantitative estimate of drug-likeness (QED) is 0.888.